The molecule has 0 aliphatic heterocycles. The quantitative estimate of drug-likeness (QED) is 0.797. The molecule has 0 aliphatic rings. The third kappa shape index (κ3) is 5.13. The highest BCUT2D eigenvalue weighted by Gasteiger charge is 2.19. The van der Waals surface area contributed by atoms with Crippen molar-refractivity contribution in [3.8, 4) is 0 Å². The summed E-state index contributed by atoms with van der Waals surface area (Å²) in [5.41, 5.74) is -0.00894. The lowest BCUT2D eigenvalue weighted by molar-refractivity contribution is 0.0696. The molecule has 1 aromatic carbocycles. The highest BCUT2D eigenvalue weighted by Crippen LogP contribution is 2.14. The van der Waals surface area contributed by atoms with Gasteiger partial charge >= 0.3 is 5.97 Å². The van der Waals surface area contributed by atoms with E-state index >= 15 is 0 Å². The van der Waals surface area contributed by atoms with Crippen molar-refractivity contribution in [2.24, 2.45) is 0 Å². The molecule has 118 valence electrons. The van der Waals surface area contributed by atoms with E-state index in [1.807, 2.05) is 13.8 Å². The van der Waals surface area contributed by atoms with Crippen LogP contribution in [0.25, 0.3) is 0 Å². The molecule has 0 saturated heterocycles. The molecule has 5 nitrogen and oxygen atoms in total. The number of carboxylic acids is 1. The Bertz CT molecular complexity index is 581. The SMILES string of the molecule is CCCN(CCS(=O)(=O)c1cccc(C(=O)O)c1)C(C)C. The average molecular weight is 313 g/mol. The summed E-state index contributed by atoms with van der Waals surface area (Å²) in [5, 5.41) is 8.93. The van der Waals surface area contributed by atoms with Gasteiger partial charge in [-0.3, -0.25) is 4.90 Å². The summed E-state index contributed by atoms with van der Waals surface area (Å²) < 4.78 is 24.6. The van der Waals surface area contributed by atoms with E-state index in [1.165, 1.54) is 24.3 Å². The van der Waals surface area contributed by atoms with Gasteiger partial charge in [0, 0.05) is 12.6 Å². The Morgan fingerprint density at radius 3 is 2.48 bits per heavy atom. The van der Waals surface area contributed by atoms with Crippen molar-refractivity contribution in [1.82, 2.24) is 4.90 Å². The molecule has 0 spiro atoms. The van der Waals surface area contributed by atoms with Gasteiger partial charge in [0.05, 0.1) is 16.2 Å². The summed E-state index contributed by atoms with van der Waals surface area (Å²) in [6.07, 6.45) is 0.965. The number of benzene rings is 1. The minimum absolute atomic E-state index is 0.00570. The van der Waals surface area contributed by atoms with Crippen LogP contribution in [0.1, 0.15) is 37.6 Å². The van der Waals surface area contributed by atoms with E-state index in [0.717, 1.165) is 13.0 Å². The number of hydrogen-bond acceptors (Lipinski definition) is 4. The summed E-state index contributed by atoms with van der Waals surface area (Å²) in [6.45, 7) is 7.42. The van der Waals surface area contributed by atoms with Crippen LogP contribution in [-0.4, -0.2) is 49.3 Å². The Balaban J connectivity index is 2.86. The number of carbonyl (C=O) groups is 1. The molecule has 0 aromatic heterocycles. The van der Waals surface area contributed by atoms with Crippen molar-refractivity contribution in [3.05, 3.63) is 29.8 Å². The van der Waals surface area contributed by atoms with Gasteiger partial charge in [-0.15, -0.1) is 0 Å². The Hall–Kier alpha value is -1.40. The van der Waals surface area contributed by atoms with Crippen LogP contribution in [-0.2, 0) is 9.84 Å². The van der Waals surface area contributed by atoms with E-state index in [9.17, 15) is 13.2 Å². The van der Waals surface area contributed by atoms with Crippen molar-refractivity contribution in [2.45, 2.75) is 38.1 Å². The third-order valence-electron chi connectivity index (χ3n) is 3.33. The second-order valence-corrected chi connectivity index (χ2v) is 7.39. The van der Waals surface area contributed by atoms with Crippen molar-refractivity contribution in [1.29, 1.82) is 0 Å². The van der Waals surface area contributed by atoms with E-state index in [4.69, 9.17) is 5.11 Å². The monoisotopic (exact) mass is 313 g/mol. The fourth-order valence-electron chi connectivity index (χ4n) is 2.09. The first-order valence-electron chi connectivity index (χ1n) is 7.08. The zero-order valence-corrected chi connectivity index (χ0v) is 13.6. The topological polar surface area (TPSA) is 74.7 Å². The number of nitrogens with zero attached hydrogens (tertiary/aromatic N) is 1. The maximum Gasteiger partial charge on any atom is 0.335 e. The molecule has 21 heavy (non-hydrogen) atoms. The Morgan fingerprint density at radius 1 is 1.29 bits per heavy atom. The molecular weight excluding hydrogens is 290 g/mol. The average Bonchev–Trinajstić information content (AvgIpc) is 2.43. The van der Waals surface area contributed by atoms with Gasteiger partial charge in [0.25, 0.3) is 0 Å². The van der Waals surface area contributed by atoms with Crippen LogP contribution >= 0.6 is 0 Å². The number of rotatable bonds is 8. The Morgan fingerprint density at radius 2 is 1.95 bits per heavy atom. The van der Waals surface area contributed by atoms with Gasteiger partial charge in [0.1, 0.15) is 0 Å². The van der Waals surface area contributed by atoms with Crippen LogP contribution in [0.2, 0.25) is 0 Å². The summed E-state index contributed by atoms with van der Waals surface area (Å²) in [7, 11) is -3.47. The Kier molecular flexibility index (Phi) is 6.36. The van der Waals surface area contributed by atoms with Gasteiger partial charge in [-0.25, -0.2) is 13.2 Å². The van der Waals surface area contributed by atoms with Gasteiger partial charge in [-0.1, -0.05) is 13.0 Å². The Labute approximate surface area is 126 Å². The van der Waals surface area contributed by atoms with Crippen LogP contribution in [0, 0.1) is 0 Å². The van der Waals surface area contributed by atoms with Crippen LogP contribution in [0.4, 0.5) is 0 Å². The van der Waals surface area contributed by atoms with Gasteiger partial charge in [-0.05, 0) is 45.0 Å². The molecule has 0 unspecified atom stereocenters. The molecule has 1 rings (SSSR count). The molecule has 0 atom stereocenters. The number of aromatic carboxylic acids is 1. The predicted molar refractivity (Wildman–Crippen MR) is 82.5 cm³/mol. The van der Waals surface area contributed by atoms with Crippen molar-refractivity contribution >= 4 is 15.8 Å². The normalized spacial score (nSPS) is 12.0. The lowest BCUT2D eigenvalue weighted by Crippen LogP contribution is -2.35. The summed E-state index contributed by atoms with van der Waals surface area (Å²) in [5.74, 6) is -1.13. The van der Waals surface area contributed by atoms with Gasteiger partial charge in [0.15, 0.2) is 9.84 Å². The fraction of sp³-hybridized carbons (Fsp3) is 0.533. The minimum Gasteiger partial charge on any atom is -0.478 e. The van der Waals surface area contributed by atoms with Crippen molar-refractivity contribution in [2.75, 3.05) is 18.8 Å². The largest absolute Gasteiger partial charge is 0.478 e. The summed E-state index contributed by atoms with van der Waals surface area (Å²) in [4.78, 5) is 13.1. The maximum atomic E-state index is 12.3. The van der Waals surface area contributed by atoms with Crippen LogP contribution in [0.5, 0.6) is 0 Å². The van der Waals surface area contributed by atoms with Gasteiger partial charge in [0.2, 0.25) is 0 Å². The minimum atomic E-state index is -3.47. The molecule has 0 saturated carbocycles. The standard InChI is InChI=1S/C15H23NO4S/c1-4-8-16(12(2)3)9-10-21(19,20)14-7-5-6-13(11-14)15(17)18/h5-7,11-12H,4,8-10H2,1-3H3,(H,17,18). The zero-order chi connectivity index (χ0) is 16.0. The second kappa shape index (κ2) is 7.56. The smallest absolute Gasteiger partial charge is 0.335 e. The highest BCUT2D eigenvalue weighted by atomic mass is 32.2. The molecule has 0 bridgehead atoms. The lowest BCUT2D eigenvalue weighted by Gasteiger charge is -2.25. The molecule has 0 aliphatic carbocycles. The predicted octanol–water partition coefficient (Wildman–Crippen LogP) is 2.28. The highest BCUT2D eigenvalue weighted by molar-refractivity contribution is 7.91. The fourth-order valence-corrected chi connectivity index (χ4v) is 3.40. The summed E-state index contributed by atoms with van der Waals surface area (Å²) >= 11 is 0. The number of carboxylic acid groups (broad SMARTS) is 1. The molecule has 0 fully saturated rings. The van der Waals surface area contributed by atoms with Crippen LogP contribution in [0.15, 0.2) is 29.2 Å². The van der Waals surface area contributed by atoms with E-state index in [2.05, 4.69) is 11.8 Å². The third-order valence-corrected chi connectivity index (χ3v) is 5.02. The van der Waals surface area contributed by atoms with Gasteiger partial charge < -0.3 is 5.11 Å². The van der Waals surface area contributed by atoms with E-state index in [1.54, 1.807) is 0 Å². The summed E-state index contributed by atoms with van der Waals surface area (Å²) in [6, 6.07) is 5.80. The molecule has 1 aromatic rings. The lowest BCUT2D eigenvalue weighted by atomic mass is 10.2. The molecule has 1 N–H and O–H groups in total. The molecular formula is C15H23NO4S. The first-order chi connectivity index (χ1) is 9.77. The van der Waals surface area contributed by atoms with Crippen LogP contribution < -0.4 is 0 Å². The maximum absolute atomic E-state index is 12.3. The first-order valence-corrected chi connectivity index (χ1v) is 8.73. The van der Waals surface area contributed by atoms with E-state index in [-0.39, 0.29) is 22.3 Å². The molecule has 0 heterocycles. The van der Waals surface area contributed by atoms with Crippen molar-refractivity contribution < 1.29 is 18.3 Å². The number of hydrogen-bond donors (Lipinski definition) is 1. The van der Waals surface area contributed by atoms with Crippen molar-refractivity contribution in [3.63, 3.8) is 0 Å². The van der Waals surface area contributed by atoms with Crippen LogP contribution in [0.3, 0.4) is 0 Å². The molecule has 0 radical (unpaired) electrons. The second-order valence-electron chi connectivity index (χ2n) is 5.28. The van der Waals surface area contributed by atoms with E-state index in [0.29, 0.717) is 6.54 Å². The van der Waals surface area contributed by atoms with E-state index < -0.39 is 15.8 Å². The first kappa shape index (κ1) is 17.7. The zero-order valence-electron chi connectivity index (χ0n) is 12.7. The molecule has 6 heteroatoms. The molecule has 0 amide bonds. The van der Waals surface area contributed by atoms with Gasteiger partial charge in [-0.2, -0.15) is 0 Å². The number of sulfone groups is 1.